The third kappa shape index (κ3) is 4.91. The molecular weight excluding hydrogens is 420 g/mol. The van der Waals surface area contributed by atoms with Gasteiger partial charge in [0.15, 0.2) is 5.82 Å². The van der Waals surface area contributed by atoms with Crippen LogP contribution in [0.3, 0.4) is 0 Å². The Morgan fingerprint density at radius 2 is 1.96 bits per heavy atom. The summed E-state index contributed by atoms with van der Waals surface area (Å²) in [6.07, 6.45) is 0. The van der Waals surface area contributed by atoms with Crippen molar-refractivity contribution < 1.29 is 18.3 Å². The van der Waals surface area contributed by atoms with Gasteiger partial charge < -0.3 is 10.1 Å². The Kier molecular flexibility index (Phi) is 5.85. The molecule has 3 rings (SSSR count). The number of hydrogen-bond donors (Lipinski definition) is 1. The van der Waals surface area contributed by atoms with Gasteiger partial charge in [-0.2, -0.15) is 13.9 Å². The molecule has 0 saturated carbocycles. The molecule has 3 aromatic rings. The number of carbonyl (C=O) groups is 1. The largest absolute Gasteiger partial charge is 0.434 e. The molecule has 0 aliphatic heterocycles. The maximum atomic E-state index is 12.6. The number of amides is 1. The highest BCUT2D eigenvalue weighted by Crippen LogP contribution is 2.26. The Hall–Kier alpha value is -2.74. The van der Waals surface area contributed by atoms with Gasteiger partial charge >= 0.3 is 6.61 Å². The molecule has 0 bridgehead atoms. The lowest BCUT2D eigenvalue weighted by Gasteiger charge is -2.10. The Bertz CT molecular complexity index is 945. The molecule has 1 heterocycles. The van der Waals surface area contributed by atoms with E-state index < -0.39 is 12.5 Å². The van der Waals surface area contributed by atoms with Crippen molar-refractivity contribution in [3.63, 3.8) is 0 Å². The van der Waals surface area contributed by atoms with Crippen molar-refractivity contribution in [2.45, 2.75) is 20.1 Å². The van der Waals surface area contributed by atoms with Crippen LogP contribution in [-0.4, -0.2) is 22.3 Å². The van der Waals surface area contributed by atoms with E-state index in [0.29, 0.717) is 16.8 Å². The number of hydrogen-bond acceptors (Lipinski definition) is 3. The summed E-state index contributed by atoms with van der Waals surface area (Å²) in [5, 5.41) is 7.00. The predicted molar refractivity (Wildman–Crippen MR) is 101 cm³/mol. The number of carbonyl (C=O) groups excluding carboxylic acids is 1. The van der Waals surface area contributed by atoms with E-state index in [-0.39, 0.29) is 11.3 Å². The molecule has 0 radical (unpaired) electrons. The third-order valence-corrected chi connectivity index (χ3v) is 4.29. The first-order valence-electron chi connectivity index (χ1n) is 8.06. The fraction of sp³-hybridized carbons (Fsp3) is 0.158. The molecule has 0 saturated heterocycles. The molecule has 140 valence electrons. The second-order valence-corrected chi connectivity index (χ2v) is 6.70. The fourth-order valence-electron chi connectivity index (χ4n) is 2.55. The molecule has 0 atom stereocenters. The van der Waals surface area contributed by atoms with Crippen molar-refractivity contribution in [1.82, 2.24) is 9.78 Å². The van der Waals surface area contributed by atoms with Gasteiger partial charge in [-0.05, 0) is 30.7 Å². The molecule has 1 amide bonds. The Balaban J connectivity index is 1.79. The topological polar surface area (TPSA) is 56.1 Å². The molecular formula is C19H16BrF2N3O2. The van der Waals surface area contributed by atoms with Crippen molar-refractivity contribution in [2.24, 2.45) is 0 Å². The average molecular weight is 436 g/mol. The minimum Gasteiger partial charge on any atom is -0.434 e. The Labute approximate surface area is 163 Å². The molecule has 1 N–H and O–H groups in total. The molecule has 0 unspecified atom stereocenters. The maximum Gasteiger partial charge on any atom is 0.387 e. The number of aryl methyl sites for hydroxylation is 1. The second-order valence-electron chi connectivity index (χ2n) is 5.79. The van der Waals surface area contributed by atoms with E-state index in [0.717, 1.165) is 11.3 Å². The first-order chi connectivity index (χ1) is 12.9. The Morgan fingerprint density at radius 1 is 1.22 bits per heavy atom. The van der Waals surface area contributed by atoms with Gasteiger partial charge in [-0.3, -0.25) is 9.48 Å². The average Bonchev–Trinajstić information content (AvgIpc) is 2.96. The summed E-state index contributed by atoms with van der Waals surface area (Å²) in [6, 6.07) is 15.7. The molecule has 27 heavy (non-hydrogen) atoms. The van der Waals surface area contributed by atoms with Crippen LogP contribution in [-0.2, 0) is 6.54 Å². The molecule has 5 nitrogen and oxygen atoms in total. The van der Waals surface area contributed by atoms with Crippen molar-refractivity contribution in [1.29, 1.82) is 0 Å². The van der Waals surface area contributed by atoms with Crippen LogP contribution >= 0.6 is 15.9 Å². The molecule has 0 aliphatic rings. The lowest BCUT2D eigenvalue weighted by Crippen LogP contribution is -2.15. The van der Waals surface area contributed by atoms with Gasteiger partial charge in [-0.15, -0.1) is 0 Å². The number of ether oxygens (including phenoxy) is 1. The number of halogens is 3. The van der Waals surface area contributed by atoms with E-state index in [4.69, 9.17) is 0 Å². The minimum atomic E-state index is -3.02. The number of anilines is 1. The molecule has 2 aromatic carbocycles. The number of aromatic nitrogens is 2. The smallest absolute Gasteiger partial charge is 0.387 e. The van der Waals surface area contributed by atoms with E-state index in [1.807, 2.05) is 37.3 Å². The quantitative estimate of drug-likeness (QED) is 0.601. The summed E-state index contributed by atoms with van der Waals surface area (Å²) in [5.41, 5.74) is 1.91. The zero-order valence-electron chi connectivity index (χ0n) is 14.3. The minimum absolute atomic E-state index is 0.0139. The number of benzene rings is 2. The summed E-state index contributed by atoms with van der Waals surface area (Å²) < 4.78 is 31.9. The van der Waals surface area contributed by atoms with Crippen LogP contribution in [0.25, 0.3) is 0 Å². The van der Waals surface area contributed by atoms with Crippen molar-refractivity contribution in [3.8, 4) is 5.75 Å². The third-order valence-electron chi connectivity index (χ3n) is 3.80. The van der Waals surface area contributed by atoms with Gasteiger partial charge in [0.1, 0.15) is 5.75 Å². The molecule has 0 spiro atoms. The summed E-state index contributed by atoms with van der Waals surface area (Å²) in [6.45, 7) is -0.597. The summed E-state index contributed by atoms with van der Waals surface area (Å²) in [4.78, 5) is 12.5. The summed E-state index contributed by atoms with van der Waals surface area (Å²) in [7, 11) is 0. The van der Waals surface area contributed by atoms with Crippen molar-refractivity contribution in [2.75, 3.05) is 5.32 Å². The zero-order chi connectivity index (χ0) is 19.4. The van der Waals surface area contributed by atoms with Crippen LogP contribution < -0.4 is 10.1 Å². The summed E-state index contributed by atoms with van der Waals surface area (Å²) in [5.74, 6) is -0.459. The van der Waals surface area contributed by atoms with Gasteiger partial charge in [0.2, 0.25) is 0 Å². The molecule has 0 fully saturated rings. The highest BCUT2D eigenvalue weighted by molar-refractivity contribution is 9.10. The van der Waals surface area contributed by atoms with E-state index in [9.17, 15) is 13.6 Å². The molecule has 8 heteroatoms. The first kappa shape index (κ1) is 19.0. The van der Waals surface area contributed by atoms with Gasteiger partial charge in [-0.25, -0.2) is 0 Å². The SMILES string of the molecule is Cc1cc(NC(=O)c2cc(Br)ccc2OC(F)F)nn1Cc1ccccc1. The molecule has 1 aromatic heterocycles. The normalized spacial score (nSPS) is 10.9. The van der Waals surface area contributed by atoms with Crippen molar-refractivity contribution >= 4 is 27.7 Å². The fourth-order valence-corrected chi connectivity index (χ4v) is 2.91. The molecule has 0 aliphatic carbocycles. The van der Waals surface area contributed by atoms with Crippen LogP contribution in [0.15, 0.2) is 59.1 Å². The lowest BCUT2D eigenvalue weighted by molar-refractivity contribution is -0.0501. The number of nitrogens with zero attached hydrogens (tertiary/aromatic N) is 2. The van der Waals surface area contributed by atoms with Gasteiger partial charge in [-0.1, -0.05) is 46.3 Å². The van der Waals surface area contributed by atoms with Crippen LogP contribution in [0.4, 0.5) is 14.6 Å². The zero-order valence-corrected chi connectivity index (χ0v) is 15.9. The van der Waals surface area contributed by atoms with E-state index >= 15 is 0 Å². The monoisotopic (exact) mass is 435 g/mol. The van der Waals surface area contributed by atoms with Gasteiger partial charge in [0.05, 0.1) is 12.1 Å². The number of alkyl halides is 2. The van der Waals surface area contributed by atoms with Crippen LogP contribution in [0.5, 0.6) is 5.75 Å². The predicted octanol–water partition coefficient (Wildman–Crippen LogP) is 4.86. The lowest BCUT2D eigenvalue weighted by atomic mass is 10.2. The van der Waals surface area contributed by atoms with E-state index in [1.54, 1.807) is 10.7 Å². The van der Waals surface area contributed by atoms with Gasteiger partial charge in [0.25, 0.3) is 5.91 Å². The second kappa shape index (κ2) is 8.30. The van der Waals surface area contributed by atoms with Crippen LogP contribution in [0, 0.1) is 6.92 Å². The van der Waals surface area contributed by atoms with Gasteiger partial charge in [0, 0.05) is 16.2 Å². The Morgan fingerprint density at radius 3 is 2.67 bits per heavy atom. The number of nitrogens with one attached hydrogen (secondary N) is 1. The summed E-state index contributed by atoms with van der Waals surface area (Å²) >= 11 is 3.23. The van der Waals surface area contributed by atoms with Crippen LogP contribution in [0.1, 0.15) is 21.6 Å². The maximum absolute atomic E-state index is 12.6. The van der Waals surface area contributed by atoms with E-state index in [1.165, 1.54) is 18.2 Å². The van der Waals surface area contributed by atoms with Crippen molar-refractivity contribution in [3.05, 3.63) is 75.9 Å². The first-order valence-corrected chi connectivity index (χ1v) is 8.86. The highest BCUT2D eigenvalue weighted by Gasteiger charge is 2.18. The van der Waals surface area contributed by atoms with Crippen LogP contribution in [0.2, 0.25) is 0 Å². The number of rotatable bonds is 6. The standard InChI is InChI=1S/C19H16BrF2N3O2/c1-12-9-17(24-25(12)11-13-5-3-2-4-6-13)23-18(26)15-10-14(20)7-8-16(15)27-19(21)22/h2-10,19H,11H2,1H3,(H,23,24,26). The van der Waals surface area contributed by atoms with E-state index in [2.05, 4.69) is 31.1 Å². The highest BCUT2D eigenvalue weighted by atomic mass is 79.9.